The lowest BCUT2D eigenvalue weighted by Gasteiger charge is -2.27. The van der Waals surface area contributed by atoms with E-state index < -0.39 is 0 Å². The normalized spacial score (nSPS) is 19.2. The molecule has 0 aromatic carbocycles. The standard InChI is InChI=1S/C16H28N4O.HI/c1-16(2)8-9-20(12-16)15(17-3)18-11-13(19(4)5)14-7-6-10-21-14;/h6-7,10,13H,8-9,11-12H2,1-5H3,(H,17,18);1H. The number of nitrogens with zero attached hydrogens (tertiary/aromatic N) is 3. The lowest BCUT2D eigenvalue weighted by atomic mass is 9.93. The fourth-order valence-electron chi connectivity index (χ4n) is 2.83. The lowest BCUT2D eigenvalue weighted by molar-refractivity contribution is 0.256. The Balaban J connectivity index is 0.00000242. The van der Waals surface area contributed by atoms with Gasteiger partial charge in [-0.25, -0.2) is 0 Å². The second kappa shape index (κ2) is 8.19. The van der Waals surface area contributed by atoms with Crippen molar-refractivity contribution in [1.82, 2.24) is 15.1 Å². The molecule has 2 heterocycles. The van der Waals surface area contributed by atoms with E-state index in [0.717, 1.165) is 31.4 Å². The van der Waals surface area contributed by atoms with Gasteiger partial charge in [-0.05, 0) is 38.1 Å². The quantitative estimate of drug-likeness (QED) is 0.462. The summed E-state index contributed by atoms with van der Waals surface area (Å²) in [5.41, 5.74) is 0.375. The summed E-state index contributed by atoms with van der Waals surface area (Å²) in [5.74, 6) is 1.96. The molecule has 22 heavy (non-hydrogen) atoms. The predicted molar refractivity (Wildman–Crippen MR) is 102 cm³/mol. The Bertz CT molecular complexity index is 471. The molecule has 0 saturated carbocycles. The van der Waals surface area contributed by atoms with E-state index >= 15 is 0 Å². The summed E-state index contributed by atoms with van der Waals surface area (Å²) in [6.45, 7) is 7.53. The second-order valence-corrected chi connectivity index (χ2v) is 6.76. The largest absolute Gasteiger partial charge is 0.468 e. The van der Waals surface area contributed by atoms with Crippen LogP contribution in [0.3, 0.4) is 0 Å². The Labute approximate surface area is 151 Å². The molecule has 1 aromatic heterocycles. The minimum Gasteiger partial charge on any atom is -0.468 e. The summed E-state index contributed by atoms with van der Waals surface area (Å²) in [6.07, 6.45) is 2.94. The molecule has 1 fully saturated rings. The van der Waals surface area contributed by atoms with Crippen LogP contribution in [0.4, 0.5) is 0 Å². The average Bonchev–Trinajstić information content (AvgIpc) is 3.04. The van der Waals surface area contributed by atoms with Crippen LogP contribution in [0, 0.1) is 5.41 Å². The number of hydrogen-bond acceptors (Lipinski definition) is 3. The van der Waals surface area contributed by atoms with Crippen LogP contribution in [-0.2, 0) is 0 Å². The zero-order chi connectivity index (χ0) is 15.5. The van der Waals surface area contributed by atoms with Crippen molar-refractivity contribution in [2.24, 2.45) is 10.4 Å². The highest BCUT2D eigenvalue weighted by Crippen LogP contribution is 2.28. The third kappa shape index (κ3) is 4.87. The van der Waals surface area contributed by atoms with Gasteiger partial charge in [-0.15, -0.1) is 24.0 Å². The first kappa shape index (κ1) is 19.3. The van der Waals surface area contributed by atoms with Crippen LogP contribution in [0.1, 0.15) is 32.1 Å². The number of furan rings is 1. The molecule has 1 aliphatic rings. The number of nitrogens with one attached hydrogen (secondary N) is 1. The van der Waals surface area contributed by atoms with Gasteiger partial charge in [0.15, 0.2) is 5.96 Å². The van der Waals surface area contributed by atoms with Crippen LogP contribution in [-0.4, -0.2) is 56.5 Å². The van der Waals surface area contributed by atoms with Crippen LogP contribution < -0.4 is 5.32 Å². The molecule has 1 N–H and O–H groups in total. The summed E-state index contributed by atoms with van der Waals surface area (Å²) < 4.78 is 5.55. The minimum atomic E-state index is 0. The molecule has 126 valence electrons. The highest BCUT2D eigenvalue weighted by atomic mass is 127. The Kier molecular flexibility index (Phi) is 7.18. The zero-order valence-electron chi connectivity index (χ0n) is 14.3. The van der Waals surface area contributed by atoms with Crippen molar-refractivity contribution in [2.75, 3.05) is 40.8 Å². The maximum absolute atomic E-state index is 5.55. The Morgan fingerprint density at radius 1 is 1.50 bits per heavy atom. The Morgan fingerprint density at radius 3 is 2.68 bits per heavy atom. The fourth-order valence-corrected chi connectivity index (χ4v) is 2.83. The number of halogens is 1. The fraction of sp³-hybridized carbons (Fsp3) is 0.688. The van der Waals surface area contributed by atoms with Crippen molar-refractivity contribution in [3.8, 4) is 0 Å². The van der Waals surface area contributed by atoms with Crippen LogP contribution >= 0.6 is 24.0 Å². The molecule has 0 spiro atoms. The molecule has 5 nitrogen and oxygen atoms in total. The molecule has 1 atom stereocenters. The van der Waals surface area contributed by atoms with E-state index in [9.17, 15) is 0 Å². The molecule has 1 saturated heterocycles. The van der Waals surface area contributed by atoms with Crippen molar-refractivity contribution >= 4 is 29.9 Å². The third-order valence-corrected chi connectivity index (χ3v) is 4.14. The smallest absolute Gasteiger partial charge is 0.193 e. The average molecular weight is 420 g/mol. The van der Waals surface area contributed by atoms with Gasteiger partial charge in [-0.1, -0.05) is 13.8 Å². The number of hydrogen-bond donors (Lipinski definition) is 1. The van der Waals surface area contributed by atoms with E-state index in [1.54, 1.807) is 6.26 Å². The van der Waals surface area contributed by atoms with Crippen LogP contribution in [0.2, 0.25) is 0 Å². The lowest BCUT2D eigenvalue weighted by Crippen LogP contribution is -2.43. The zero-order valence-corrected chi connectivity index (χ0v) is 16.6. The van der Waals surface area contributed by atoms with E-state index in [1.807, 2.05) is 19.2 Å². The number of guanidine groups is 1. The predicted octanol–water partition coefficient (Wildman–Crippen LogP) is 2.81. The number of rotatable bonds is 4. The van der Waals surface area contributed by atoms with Gasteiger partial charge in [-0.3, -0.25) is 9.89 Å². The van der Waals surface area contributed by atoms with Gasteiger partial charge in [0, 0.05) is 26.7 Å². The van der Waals surface area contributed by atoms with Gasteiger partial charge in [0.1, 0.15) is 5.76 Å². The van der Waals surface area contributed by atoms with E-state index in [1.165, 1.54) is 6.42 Å². The molecule has 1 aromatic rings. The first-order valence-corrected chi connectivity index (χ1v) is 7.58. The number of aliphatic imine (C=N–C) groups is 1. The molecule has 0 aliphatic carbocycles. The molecule has 6 heteroatoms. The topological polar surface area (TPSA) is 44.0 Å². The highest BCUT2D eigenvalue weighted by Gasteiger charge is 2.31. The van der Waals surface area contributed by atoms with Gasteiger partial charge >= 0.3 is 0 Å². The van der Waals surface area contributed by atoms with Gasteiger partial charge < -0.3 is 14.6 Å². The summed E-state index contributed by atoms with van der Waals surface area (Å²) in [6, 6.07) is 4.16. The first-order chi connectivity index (χ1) is 9.93. The van der Waals surface area contributed by atoms with Gasteiger partial charge in [0.05, 0.1) is 12.3 Å². The van der Waals surface area contributed by atoms with Crippen molar-refractivity contribution in [1.29, 1.82) is 0 Å². The van der Waals surface area contributed by atoms with E-state index in [2.05, 4.69) is 48.1 Å². The summed E-state index contributed by atoms with van der Waals surface area (Å²) in [5, 5.41) is 3.49. The second-order valence-electron chi connectivity index (χ2n) is 6.76. The summed E-state index contributed by atoms with van der Waals surface area (Å²) in [4.78, 5) is 8.93. The van der Waals surface area contributed by atoms with Crippen molar-refractivity contribution in [3.05, 3.63) is 24.2 Å². The Morgan fingerprint density at radius 2 is 2.23 bits per heavy atom. The van der Waals surface area contributed by atoms with Gasteiger partial charge in [0.2, 0.25) is 0 Å². The van der Waals surface area contributed by atoms with Crippen molar-refractivity contribution in [2.45, 2.75) is 26.3 Å². The van der Waals surface area contributed by atoms with E-state index in [-0.39, 0.29) is 30.0 Å². The maximum atomic E-state index is 5.55. The molecular formula is C16H29IN4O. The molecule has 0 amide bonds. The van der Waals surface area contributed by atoms with E-state index in [0.29, 0.717) is 5.41 Å². The van der Waals surface area contributed by atoms with Crippen molar-refractivity contribution < 1.29 is 4.42 Å². The first-order valence-electron chi connectivity index (χ1n) is 7.58. The molecule has 1 unspecified atom stereocenters. The number of likely N-dealkylation sites (N-methyl/N-ethyl adjacent to an activating group) is 1. The molecule has 2 rings (SSSR count). The molecule has 0 radical (unpaired) electrons. The SMILES string of the molecule is CN=C(NCC(c1ccco1)N(C)C)N1CCC(C)(C)C1.I. The van der Waals surface area contributed by atoms with Crippen LogP contribution in [0.5, 0.6) is 0 Å². The van der Waals surface area contributed by atoms with Gasteiger partial charge in [-0.2, -0.15) is 0 Å². The third-order valence-electron chi connectivity index (χ3n) is 4.14. The monoisotopic (exact) mass is 420 g/mol. The number of likely N-dealkylation sites (tertiary alicyclic amines) is 1. The van der Waals surface area contributed by atoms with Crippen LogP contribution in [0.25, 0.3) is 0 Å². The van der Waals surface area contributed by atoms with E-state index in [4.69, 9.17) is 4.42 Å². The highest BCUT2D eigenvalue weighted by molar-refractivity contribution is 14.0. The van der Waals surface area contributed by atoms with Gasteiger partial charge in [0.25, 0.3) is 0 Å². The molecular weight excluding hydrogens is 391 g/mol. The summed E-state index contributed by atoms with van der Waals surface area (Å²) in [7, 11) is 5.98. The van der Waals surface area contributed by atoms with Crippen LogP contribution in [0.15, 0.2) is 27.8 Å². The maximum Gasteiger partial charge on any atom is 0.193 e. The van der Waals surface area contributed by atoms with Crippen molar-refractivity contribution in [3.63, 3.8) is 0 Å². The summed E-state index contributed by atoms with van der Waals surface area (Å²) >= 11 is 0. The molecule has 0 bridgehead atoms. The molecule has 1 aliphatic heterocycles. The Hall–Kier alpha value is -0.760. The minimum absolute atomic E-state index is 0.